The van der Waals surface area contributed by atoms with Crippen LogP contribution in [0.15, 0.2) is 23.0 Å². The van der Waals surface area contributed by atoms with Crippen LogP contribution in [0, 0.1) is 5.92 Å². The Labute approximate surface area is 124 Å². The number of nitrogens with two attached hydrogens (primary N) is 1. The fourth-order valence-electron chi connectivity index (χ4n) is 3.47. The first-order valence-corrected chi connectivity index (χ1v) is 7.57. The Morgan fingerprint density at radius 1 is 1.33 bits per heavy atom. The summed E-state index contributed by atoms with van der Waals surface area (Å²) in [6.45, 7) is 2.93. The number of hydrogen-bond acceptors (Lipinski definition) is 3. The van der Waals surface area contributed by atoms with Crippen molar-refractivity contribution in [2.24, 2.45) is 25.7 Å². The first-order chi connectivity index (χ1) is 10.0. The Balaban J connectivity index is 2.01. The second-order valence-corrected chi connectivity index (χ2v) is 5.94. The first kappa shape index (κ1) is 14.4. The van der Waals surface area contributed by atoms with Crippen LogP contribution in [0.4, 0.5) is 0 Å². The van der Waals surface area contributed by atoms with Crippen LogP contribution in [0.3, 0.4) is 0 Å². The average molecular weight is 289 g/mol. The van der Waals surface area contributed by atoms with Crippen LogP contribution in [0.1, 0.15) is 31.4 Å². The van der Waals surface area contributed by atoms with Gasteiger partial charge in [0.15, 0.2) is 0 Å². The lowest BCUT2D eigenvalue weighted by Crippen LogP contribution is -2.28. The van der Waals surface area contributed by atoms with Gasteiger partial charge in [-0.1, -0.05) is 13.0 Å². The van der Waals surface area contributed by atoms with Gasteiger partial charge in [0.1, 0.15) is 0 Å². The molecule has 3 rings (SSSR count). The van der Waals surface area contributed by atoms with E-state index >= 15 is 0 Å². The molecule has 0 amide bonds. The Morgan fingerprint density at radius 2 is 2.05 bits per heavy atom. The lowest BCUT2D eigenvalue weighted by Gasteiger charge is -2.24. The highest BCUT2D eigenvalue weighted by molar-refractivity contribution is 5.77. The number of hydrogen-bond donors (Lipinski definition) is 1. The number of benzene rings is 1. The van der Waals surface area contributed by atoms with Crippen molar-refractivity contribution in [2.75, 3.05) is 6.61 Å². The third-order valence-electron chi connectivity index (χ3n) is 4.81. The van der Waals surface area contributed by atoms with Gasteiger partial charge in [-0.05, 0) is 30.5 Å². The van der Waals surface area contributed by atoms with Gasteiger partial charge >= 0.3 is 5.69 Å². The quantitative estimate of drug-likeness (QED) is 0.935. The van der Waals surface area contributed by atoms with Crippen LogP contribution < -0.4 is 11.4 Å². The van der Waals surface area contributed by atoms with E-state index in [0.717, 1.165) is 36.0 Å². The van der Waals surface area contributed by atoms with Gasteiger partial charge in [-0.15, -0.1) is 0 Å². The summed E-state index contributed by atoms with van der Waals surface area (Å²) in [6.07, 6.45) is 2.24. The predicted molar refractivity (Wildman–Crippen MR) is 83.2 cm³/mol. The second-order valence-electron chi connectivity index (χ2n) is 5.94. The molecule has 1 aliphatic rings. The number of aromatic nitrogens is 2. The SMILES string of the molecule is CCC1OCCC1C(N)c1ccc2c(c1)n(C)c(=O)n2C. The smallest absolute Gasteiger partial charge is 0.328 e. The molecule has 1 aliphatic heterocycles. The summed E-state index contributed by atoms with van der Waals surface area (Å²) in [5.41, 5.74) is 9.42. The molecule has 114 valence electrons. The van der Waals surface area contributed by atoms with Crippen molar-refractivity contribution in [3.8, 4) is 0 Å². The zero-order chi connectivity index (χ0) is 15.1. The summed E-state index contributed by atoms with van der Waals surface area (Å²) in [5, 5.41) is 0. The van der Waals surface area contributed by atoms with E-state index in [2.05, 4.69) is 6.92 Å². The molecule has 3 unspecified atom stereocenters. The third kappa shape index (κ3) is 2.21. The highest BCUT2D eigenvalue weighted by atomic mass is 16.5. The number of nitrogens with zero attached hydrogens (tertiary/aromatic N) is 2. The highest BCUT2D eigenvalue weighted by Gasteiger charge is 2.32. The van der Waals surface area contributed by atoms with Crippen molar-refractivity contribution < 1.29 is 4.74 Å². The molecule has 5 nitrogen and oxygen atoms in total. The van der Waals surface area contributed by atoms with Crippen molar-refractivity contribution in [1.82, 2.24) is 9.13 Å². The van der Waals surface area contributed by atoms with Crippen LogP contribution in [-0.4, -0.2) is 21.8 Å². The van der Waals surface area contributed by atoms with E-state index in [1.54, 1.807) is 23.2 Å². The summed E-state index contributed by atoms with van der Waals surface area (Å²) < 4.78 is 9.09. The van der Waals surface area contributed by atoms with E-state index in [9.17, 15) is 4.79 Å². The van der Waals surface area contributed by atoms with Gasteiger partial charge in [-0.3, -0.25) is 9.13 Å². The van der Waals surface area contributed by atoms with Crippen molar-refractivity contribution in [2.45, 2.75) is 31.9 Å². The molecule has 2 N–H and O–H groups in total. The monoisotopic (exact) mass is 289 g/mol. The normalized spacial score (nSPS) is 23.8. The maximum Gasteiger partial charge on any atom is 0.328 e. The van der Waals surface area contributed by atoms with Gasteiger partial charge in [0.25, 0.3) is 0 Å². The molecule has 1 aromatic heterocycles. The van der Waals surface area contributed by atoms with Crippen LogP contribution in [0.5, 0.6) is 0 Å². The number of aryl methyl sites for hydroxylation is 2. The molecule has 1 aromatic carbocycles. The molecule has 1 fully saturated rings. The summed E-state index contributed by atoms with van der Waals surface area (Å²) >= 11 is 0. The molecule has 0 saturated carbocycles. The van der Waals surface area contributed by atoms with E-state index in [4.69, 9.17) is 10.5 Å². The van der Waals surface area contributed by atoms with Gasteiger partial charge in [0.05, 0.1) is 17.1 Å². The number of ether oxygens (including phenoxy) is 1. The summed E-state index contributed by atoms with van der Waals surface area (Å²) in [5.74, 6) is 0.355. The van der Waals surface area contributed by atoms with Crippen molar-refractivity contribution in [3.05, 3.63) is 34.2 Å². The number of fused-ring (bicyclic) bond motifs is 1. The minimum absolute atomic E-state index is 0.00800. The molecule has 21 heavy (non-hydrogen) atoms. The van der Waals surface area contributed by atoms with Gasteiger partial charge in [0, 0.05) is 32.7 Å². The second kappa shape index (κ2) is 5.31. The molecule has 0 bridgehead atoms. The van der Waals surface area contributed by atoms with Crippen molar-refractivity contribution >= 4 is 11.0 Å². The Morgan fingerprint density at radius 3 is 2.76 bits per heavy atom. The highest BCUT2D eigenvalue weighted by Crippen LogP contribution is 2.34. The van der Waals surface area contributed by atoms with Gasteiger partial charge in [-0.2, -0.15) is 0 Å². The van der Waals surface area contributed by atoms with E-state index in [-0.39, 0.29) is 17.8 Å². The fraction of sp³-hybridized carbons (Fsp3) is 0.562. The van der Waals surface area contributed by atoms with Gasteiger partial charge in [0.2, 0.25) is 0 Å². The van der Waals surface area contributed by atoms with Gasteiger partial charge < -0.3 is 10.5 Å². The van der Waals surface area contributed by atoms with Gasteiger partial charge in [-0.25, -0.2) is 4.79 Å². The topological polar surface area (TPSA) is 62.2 Å². The molecular formula is C16H23N3O2. The molecule has 1 saturated heterocycles. The lowest BCUT2D eigenvalue weighted by molar-refractivity contribution is 0.0813. The average Bonchev–Trinajstić information content (AvgIpc) is 3.06. The molecule has 3 atom stereocenters. The molecule has 2 aromatic rings. The third-order valence-corrected chi connectivity index (χ3v) is 4.81. The predicted octanol–water partition coefficient (Wildman–Crippen LogP) is 1.69. The Bertz CT molecular complexity index is 716. The van der Waals surface area contributed by atoms with Crippen molar-refractivity contribution in [3.63, 3.8) is 0 Å². The number of rotatable bonds is 3. The van der Waals surface area contributed by atoms with E-state index < -0.39 is 0 Å². The summed E-state index contributed by atoms with van der Waals surface area (Å²) in [7, 11) is 3.59. The standard InChI is InChI=1S/C16H23N3O2/c1-4-14-11(7-8-21-14)15(17)10-5-6-12-13(9-10)19(3)16(20)18(12)2/h5-6,9,11,14-15H,4,7-8,17H2,1-3H3. The van der Waals surface area contributed by atoms with E-state index in [1.165, 1.54) is 0 Å². The summed E-state index contributed by atoms with van der Waals surface area (Å²) in [6, 6.07) is 6.03. The largest absolute Gasteiger partial charge is 0.378 e. The Kier molecular flexibility index (Phi) is 3.63. The lowest BCUT2D eigenvalue weighted by atomic mass is 9.87. The molecule has 2 heterocycles. The molecule has 5 heteroatoms. The van der Waals surface area contributed by atoms with Crippen LogP contribution in [0.25, 0.3) is 11.0 Å². The van der Waals surface area contributed by atoms with Crippen LogP contribution >= 0.6 is 0 Å². The minimum atomic E-state index is -0.0443. The first-order valence-electron chi connectivity index (χ1n) is 7.57. The molecule has 0 spiro atoms. The Hall–Kier alpha value is -1.59. The van der Waals surface area contributed by atoms with E-state index in [0.29, 0.717) is 5.92 Å². The molecule has 0 aliphatic carbocycles. The zero-order valence-electron chi connectivity index (χ0n) is 12.9. The maximum atomic E-state index is 12.0. The summed E-state index contributed by atoms with van der Waals surface area (Å²) in [4.78, 5) is 12.0. The van der Waals surface area contributed by atoms with Crippen molar-refractivity contribution in [1.29, 1.82) is 0 Å². The molecule has 0 radical (unpaired) electrons. The van der Waals surface area contributed by atoms with Crippen LogP contribution in [-0.2, 0) is 18.8 Å². The maximum absolute atomic E-state index is 12.0. The zero-order valence-corrected chi connectivity index (χ0v) is 12.9. The molecular weight excluding hydrogens is 266 g/mol. The fourth-order valence-corrected chi connectivity index (χ4v) is 3.47. The minimum Gasteiger partial charge on any atom is -0.378 e. The van der Waals surface area contributed by atoms with Crippen LogP contribution in [0.2, 0.25) is 0 Å². The van der Waals surface area contributed by atoms with E-state index in [1.807, 2.05) is 18.2 Å². The number of imidazole rings is 1.